The highest BCUT2D eigenvalue weighted by Gasteiger charge is 2.17. The maximum atomic E-state index is 12.5. The van der Waals surface area contributed by atoms with Gasteiger partial charge >= 0.3 is 0 Å². The third-order valence-corrected chi connectivity index (χ3v) is 5.73. The Morgan fingerprint density at radius 3 is 2.67 bits per heavy atom. The molecular weight excluding hydrogens is 462 g/mol. The number of rotatable bonds is 6. The van der Waals surface area contributed by atoms with Crippen molar-refractivity contribution in [2.75, 3.05) is 11.1 Å². The van der Waals surface area contributed by atoms with Gasteiger partial charge in [-0.1, -0.05) is 39.8 Å². The number of hydrogen-bond acceptors (Lipinski definition) is 5. The van der Waals surface area contributed by atoms with Gasteiger partial charge in [-0.2, -0.15) is 0 Å². The minimum atomic E-state index is -0.0983. The number of anilines is 1. The number of carbonyl (C=O) groups excluding carboxylic acids is 1. The summed E-state index contributed by atoms with van der Waals surface area (Å²) >= 11 is 4.81. The van der Waals surface area contributed by atoms with E-state index < -0.39 is 0 Å². The van der Waals surface area contributed by atoms with E-state index in [-0.39, 0.29) is 11.7 Å². The van der Waals surface area contributed by atoms with E-state index in [9.17, 15) is 4.79 Å². The summed E-state index contributed by atoms with van der Waals surface area (Å²) in [7, 11) is 0. The van der Waals surface area contributed by atoms with E-state index in [0.29, 0.717) is 11.0 Å². The summed E-state index contributed by atoms with van der Waals surface area (Å²) in [5.74, 6) is 0.793. The fourth-order valence-corrected chi connectivity index (χ4v) is 3.93. The molecule has 1 amide bonds. The average molecular weight is 480 g/mol. The number of pyridine rings is 1. The van der Waals surface area contributed by atoms with Crippen molar-refractivity contribution >= 4 is 39.3 Å². The third-order valence-electron chi connectivity index (χ3n) is 4.27. The molecule has 2 heterocycles. The fourth-order valence-electron chi connectivity index (χ4n) is 2.92. The lowest BCUT2D eigenvalue weighted by atomic mass is 10.2. The van der Waals surface area contributed by atoms with Crippen molar-refractivity contribution in [3.8, 4) is 17.1 Å². The van der Waals surface area contributed by atoms with Crippen LogP contribution in [-0.4, -0.2) is 31.4 Å². The quantitative estimate of drug-likeness (QED) is 0.388. The molecule has 0 fully saturated rings. The van der Waals surface area contributed by atoms with Crippen LogP contribution in [-0.2, 0) is 4.79 Å². The van der Waals surface area contributed by atoms with Crippen molar-refractivity contribution in [3.05, 3.63) is 83.1 Å². The molecule has 0 aliphatic carbocycles. The number of thioether (sulfide) groups is 1. The van der Waals surface area contributed by atoms with Crippen LogP contribution in [0.3, 0.4) is 0 Å². The largest absolute Gasteiger partial charge is 0.325 e. The van der Waals surface area contributed by atoms with Gasteiger partial charge in [-0.05, 0) is 61.0 Å². The summed E-state index contributed by atoms with van der Waals surface area (Å²) in [6, 6.07) is 19.4. The second kappa shape index (κ2) is 9.23. The Morgan fingerprint density at radius 1 is 1.10 bits per heavy atom. The van der Waals surface area contributed by atoms with Crippen molar-refractivity contribution < 1.29 is 4.79 Å². The Labute approximate surface area is 186 Å². The summed E-state index contributed by atoms with van der Waals surface area (Å²) in [5.41, 5.74) is 3.63. The van der Waals surface area contributed by atoms with Gasteiger partial charge in [-0.15, -0.1) is 10.2 Å². The highest BCUT2D eigenvalue weighted by atomic mass is 79.9. The molecule has 0 spiro atoms. The Balaban J connectivity index is 1.59. The van der Waals surface area contributed by atoms with E-state index in [1.54, 1.807) is 12.4 Å². The zero-order chi connectivity index (χ0) is 20.9. The molecule has 2 aromatic carbocycles. The molecule has 0 saturated carbocycles. The lowest BCUT2D eigenvalue weighted by Crippen LogP contribution is -2.14. The molecule has 30 heavy (non-hydrogen) atoms. The molecule has 1 N–H and O–H groups in total. The number of amides is 1. The lowest BCUT2D eigenvalue weighted by Gasteiger charge is -2.11. The van der Waals surface area contributed by atoms with Crippen LogP contribution in [0.5, 0.6) is 0 Å². The number of carbonyl (C=O) groups is 1. The first-order valence-electron chi connectivity index (χ1n) is 9.21. The molecule has 0 atom stereocenters. The molecule has 8 heteroatoms. The topological polar surface area (TPSA) is 72.7 Å². The summed E-state index contributed by atoms with van der Waals surface area (Å²) in [4.78, 5) is 16.6. The van der Waals surface area contributed by atoms with Gasteiger partial charge in [0.05, 0.1) is 5.75 Å². The Bertz CT molecular complexity index is 1160. The van der Waals surface area contributed by atoms with Crippen molar-refractivity contribution in [3.63, 3.8) is 0 Å². The van der Waals surface area contributed by atoms with Crippen molar-refractivity contribution in [2.24, 2.45) is 0 Å². The minimum absolute atomic E-state index is 0.0983. The molecule has 4 rings (SSSR count). The van der Waals surface area contributed by atoms with Gasteiger partial charge in [0.1, 0.15) is 0 Å². The smallest absolute Gasteiger partial charge is 0.234 e. The van der Waals surface area contributed by atoms with Crippen LogP contribution >= 0.6 is 27.7 Å². The first kappa shape index (κ1) is 20.3. The van der Waals surface area contributed by atoms with Gasteiger partial charge in [0.2, 0.25) is 5.91 Å². The van der Waals surface area contributed by atoms with Gasteiger partial charge in [0.15, 0.2) is 11.0 Å². The van der Waals surface area contributed by atoms with Crippen LogP contribution < -0.4 is 5.32 Å². The monoisotopic (exact) mass is 479 g/mol. The first-order chi connectivity index (χ1) is 14.6. The molecule has 0 bridgehead atoms. The van der Waals surface area contributed by atoms with E-state index >= 15 is 0 Å². The second-order valence-corrected chi connectivity index (χ2v) is 8.42. The number of aryl methyl sites for hydroxylation is 1. The van der Waals surface area contributed by atoms with Gasteiger partial charge in [-0.25, -0.2) is 0 Å². The lowest BCUT2D eigenvalue weighted by molar-refractivity contribution is -0.113. The molecular formula is C22H18BrN5OS. The molecule has 0 aliphatic heterocycles. The molecule has 150 valence electrons. The van der Waals surface area contributed by atoms with E-state index in [1.807, 2.05) is 72.2 Å². The normalized spacial score (nSPS) is 10.7. The van der Waals surface area contributed by atoms with Gasteiger partial charge in [0.25, 0.3) is 0 Å². The molecule has 4 aromatic rings. The molecule has 0 aliphatic rings. The number of hydrogen-bond donors (Lipinski definition) is 1. The first-order valence-corrected chi connectivity index (χ1v) is 11.0. The molecule has 0 saturated heterocycles. The summed E-state index contributed by atoms with van der Waals surface area (Å²) in [5, 5.41) is 12.3. The Morgan fingerprint density at radius 2 is 1.93 bits per heavy atom. The number of aromatic nitrogens is 4. The van der Waals surface area contributed by atoms with Crippen molar-refractivity contribution in [1.82, 2.24) is 19.7 Å². The maximum Gasteiger partial charge on any atom is 0.234 e. The predicted molar refractivity (Wildman–Crippen MR) is 123 cm³/mol. The maximum absolute atomic E-state index is 12.5. The Hall–Kier alpha value is -2.97. The van der Waals surface area contributed by atoms with Crippen LogP contribution in [0.15, 0.2) is 82.7 Å². The fraction of sp³-hybridized carbons (Fsp3) is 0.0909. The van der Waals surface area contributed by atoms with E-state index in [2.05, 4.69) is 36.4 Å². The predicted octanol–water partition coefficient (Wildman–Crippen LogP) is 5.13. The SMILES string of the molecule is Cc1cccc(NC(=O)CSc2nnc(-c3cccnc3)n2-c2ccc(Br)cc2)c1. The average Bonchev–Trinajstić information content (AvgIpc) is 3.17. The molecule has 2 aromatic heterocycles. The number of halogens is 1. The van der Waals surface area contributed by atoms with Gasteiger partial charge < -0.3 is 5.32 Å². The molecule has 0 radical (unpaired) electrons. The summed E-state index contributed by atoms with van der Waals surface area (Å²) in [6.45, 7) is 1.99. The highest BCUT2D eigenvalue weighted by molar-refractivity contribution is 9.10. The van der Waals surface area contributed by atoms with Crippen molar-refractivity contribution in [1.29, 1.82) is 0 Å². The van der Waals surface area contributed by atoms with Crippen LogP contribution in [0.2, 0.25) is 0 Å². The van der Waals surface area contributed by atoms with Crippen LogP contribution in [0, 0.1) is 6.92 Å². The third kappa shape index (κ3) is 4.77. The van der Waals surface area contributed by atoms with E-state index in [1.165, 1.54) is 11.8 Å². The number of nitrogens with zero attached hydrogens (tertiary/aromatic N) is 4. The van der Waals surface area contributed by atoms with Gasteiger partial charge in [0, 0.05) is 33.8 Å². The molecule has 6 nitrogen and oxygen atoms in total. The standard InChI is InChI=1S/C22H18BrN5OS/c1-15-4-2-6-18(12-15)25-20(29)14-30-22-27-26-21(16-5-3-11-24-13-16)28(22)19-9-7-17(23)8-10-19/h2-13H,14H2,1H3,(H,25,29). The van der Waals surface area contributed by atoms with E-state index in [0.717, 1.165) is 27.0 Å². The highest BCUT2D eigenvalue weighted by Crippen LogP contribution is 2.28. The summed E-state index contributed by atoms with van der Waals surface area (Å²) in [6.07, 6.45) is 3.47. The Kier molecular flexibility index (Phi) is 6.25. The number of benzene rings is 2. The van der Waals surface area contributed by atoms with E-state index in [4.69, 9.17) is 0 Å². The minimum Gasteiger partial charge on any atom is -0.325 e. The van der Waals surface area contributed by atoms with Crippen LogP contribution in [0.1, 0.15) is 5.56 Å². The van der Waals surface area contributed by atoms with Crippen LogP contribution in [0.25, 0.3) is 17.1 Å². The van der Waals surface area contributed by atoms with Gasteiger partial charge in [-0.3, -0.25) is 14.3 Å². The number of nitrogens with one attached hydrogen (secondary N) is 1. The summed E-state index contributed by atoms with van der Waals surface area (Å²) < 4.78 is 2.92. The zero-order valence-electron chi connectivity index (χ0n) is 16.1. The molecule has 0 unspecified atom stereocenters. The zero-order valence-corrected chi connectivity index (χ0v) is 18.5. The van der Waals surface area contributed by atoms with Crippen molar-refractivity contribution in [2.45, 2.75) is 12.1 Å². The second-order valence-electron chi connectivity index (χ2n) is 6.57. The van der Waals surface area contributed by atoms with Crippen LogP contribution in [0.4, 0.5) is 5.69 Å².